The highest BCUT2D eigenvalue weighted by Crippen LogP contribution is 2.34. The van der Waals surface area contributed by atoms with Gasteiger partial charge in [-0.05, 0) is 61.6 Å². The van der Waals surface area contributed by atoms with Crippen LogP contribution < -0.4 is 9.64 Å². The van der Waals surface area contributed by atoms with Crippen molar-refractivity contribution >= 4 is 21.6 Å². The summed E-state index contributed by atoms with van der Waals surface area (Å²) in [5, 5.41) is 0. The van der Waals surface area contributed by atoms with Gasteiger partial charge in [-0.2, -0.15) is 4.31 Å². The third-order valence-electron chi connectivity index (χ3n) is 5.96. The lowest BCUT2D eigenvalue weighted by atomic mass is 9.96. The van der Waals surface area contributed by atoms with Crippen LogP contribution in [-0.4, -0.2) is 45.4 Å². The Morgan fingerprint density at radius 2 is 1.72 bits per heavy atom. The fraction of sp³-hybridized carbons (Fsp3) is 0.409. The van der Waals surface area contributed by atoms with Crippen molar-refractivity contribution in [2.45, 2.75) is 31.1 Å². The van der Waals surface area contributed by atoms with Gasteiger partial charge < -0.3 is 9.64 Å². The van der Waals surface area contributed by atoms with Gasteiger partial charge >= 0.3 is 0 Å². The van der Waals surface area contributed by atoms with Crippen LogP contribution in [0, 0.1) is 12.8 Å². The molecule has 4 rings (SSSR count). The molecule has 0 N–H and O–H groups in total. The molecule has 2 aromatic carbocycles. The number of hydrogen-bond acceptors (Lipinski definition) is 4. The Morgan fingerprint density at radius 3 is 2.38 bits per heavy atom. The Kier molecular flexibility index (Phi) is 5.36. The zero-order chi connectivity index (χ0) is 20.6. The number of carbonyl (C=O) groups excluding carboxylic acids is 1. The number of anilines is 1. The molecule has 1 fully saturated rings. The second kappa shape index (κ2) is 7.80. The molecular formula is C22H26N2O4S. The van der Waals surface area contributed by atoms with Crippen LogP contribution >= 0.6 is 0 Å². The summed E-state index contributed by atoms with van der Waals surface area (Å²) in [4.78, 5) is 15.3. The van der Waals surface area contributed by atoms with Crippen molar-refractivity contribution in [1.29, 1.82) is 0 Å². The number of methoxy groups -OCH3 is 1. The highest BCUT2D eigenvalue weighted by Gasteiger charge is 2.36. The van der Waals surface area contributed by atoms with E-state index in [1.807, 2.05) is 24.0 Å². The monoisotopic (exact) mass is 414 g/mol. The van der Waals surface area contributed by atoms with Crippen molar-refractivity contribution in [2.75, 3.05) is 31.6 Å². The van der Waals surface area contributed by atoms with Crippen LogP contribution in [0.2, 0.25) is 0 Å². The predicted molar refractivity (Wildman–Crippen MR) is 112 cm³/mol. The first-order chi connectivity index (χ1) is 13.9. The second-order valence-electron chi connectivity index (χ2n) is 7.68. The minimum absolute atomic E-state index is 0.125. The van der Waals surface area contributed by atoms with Crippen LogP contribution in [0.3, 0.4) is 0 Å². The molecule has 1 amide bonds. The van der Waals surface area contributed by atoms with E-state index in [0.717, 1.165) is 17.7 Å². The number of ether oxygens (including phenoxy) is 1. The lowest BCUT2D eigenvalue weighted by Crippen LogP contribution is -2.44. The number of nitrogens with zero attached hydrogens (tertiary/aromatic N) is 2. The number of para-hydroxylation sites is 1. The summed E-state index contributed by atoms with van der Waals surface area (Å²) in [6.45, 7) is 3.47. The van der Waals surface area contributed by atoms with Crippen LogP contribution in [0.25, 0.3) is 0 Å². The molecule has 0 atom stereocenters. The van der Waals surface area contributed by atoms with Gasteiger partial charge in [0.2, 0.25) is 15.9 Å². The minimum atomic E-state index is -3.56. The van der Waals surface area contributed by atoms with Gasteiger partial charge in [-0.15, -0.1) is 0 Å². The molecule has 29 heavy (non-hydrogen) atoms. The first-order valence-corrected chi connectivity index (χ1v) is 11.4. The van der Waals surface area contributed by atoms with Gasteiger partial charge in [0.05, 0.1) is 12.0 Å². The number of fused-ring (bicyclic) bond motifs is 1. The molecular weight excluding hydrogens is 388 g/mol. The molecule has 154 valence electrons. The van der Waals surface area contributed by atoms with Crippen LogP contribution in [0.15, 0.2) is 47.4 Å². The van der Waals surface area contributed by atoms with Gasteiger partial charge in [-0.25, -0.2) is 8.42 Å². The number of aryl methyl sites for hydroxylation is 1. The maximum atomic E-state index is 13.2. The number of rotatable bonds is 4. The van der Waals surface area contributed by atoms with E-state index >= 15 is 0 Å². The van der Waals surface area contributed by atoms with Gasteiger partial charge in [0.1, 0.15) is 5.75 Å². The largest absolute Gasteiger partial charge is 0.497 e. The molecule has 7 heteroatoms. The van der Waals surface area contributed by atoms with Crippen molar-refractivity contribution in [3.05, 3.63) is 53.6 Å². The second-order valence-corrected chi connectivity index (χ2v) is 9.61. The minimum Gasteiger partial charge on any atom is -0.497 e. The Hall–Kier alpha value is -2.38. The van der Waals surface area contributed by atoms with Gasteiger partial charge in [-0.1, -0.05) is 18.2 Å². The summed E-state index contributed by atoms with van der Waals surface area (Å²) in [5.41, 5.74) is 3.39. The molecule has 0 unspecified atom stereocenters. The van der Waals surface area contributed by atoms with E-state index < -0.39 is 10.0 Å². The Bertz CT molecular complexity index is 1010. The third kappa shape index (κ3) is 3.65. The highest BCUT2D eigenvalue weighted by molar-refractivity contribution is 7.89. The lowest BCUT2D eigenvalue weighted by molar-refractivity contribution is -0.123. The Balaban J connectivity index is 1.44. The SMILES string of the molecule is COc1ccc(S(=O)(=O)N2CCC(C(=O)N3CCc4cccc(C)c43)CC2)cc1. The van der Waals surface area contributed by atoms with E-state index in [9.17, 15) is 13.2 Å². The summed E-state index contributed by atoms with van der Waals surface area (Å²) >= 11 is 0. The fourth-order valence-electron chi connectivity index (χ4n) is 4.33. The van der Waals surface area contributed by atoms with Crippen molar-refractivity contribution in [3.8, 4) is 5.75 Å². The summed E-state index contributed by atoms with van der Waals surface area (Å²) in [6.07, 6.45) is 1.98. The van der Waals surface area contributed by atoms with E-state index in [1.54, 1.807) is 31.4 Å². The van der Waals surface area contributed by atoms with Crippen molar-refractivity contribution in [2.24, 2.45) is 5.92 Å². The van der Waals surface area contributed by atoms with Gasteiger partial charge in [0.15, 0.2) is 0 Å². The number of sulfonamides is 1. The summed E-state index contributed by atoms with van der Waals surface area (Å²) in [6, 6.07) is 12.6. The molecule has 0 saturated carbocycles. The first kappa shape index (κ1) is 19.9. The molecule has 2 aliphatic heterocycles. The molecule has 0 bridgehead atoms. The molecule has 2 aliphatic rings. The van der Waals surface area contributed by atoms with Gasteiger partial charge in [-0.3, -0.25) is 4.79 Å². The zero-order valence-corrected chi connectivity index (χ0v) is 17.6. The standard InChI is InChI=1S/C22H26N2O4S/c1-16-4-3-5-17-12-15-24(21(16)17)22(25)18-10-13-23(14-11-18)29(26,27)20-8-6-19(28-2)7-9-20/h3-9,18H,10-15H2,1-2H3. The molecule has 0 aromatic heterocycles. The number of amides is 1. The van der Waals surface area contributed by atoms with Crippen LogP contribution in [0.4, 0.5) is 5.69 Å². The molecule has 2 aromatic rings. The summed E-state index contributed by atoms with van der Waals surface area (Å²) < 4.78 is 32.4. The summed E-state index contributed by atoms with van der Waals surface area (Å²) in [5.74, 6) is 0.608. The molecule has 6 nitrogen and oxygen atoms in total. The Labute approximate surface area is 172 Å². The summed E-state index contributed by atoms with van der Waals surface area (Å²) in [7, 11) is -2.01. The zero-order valence-electron chi connectivity index (χ0n) is 16.8. The maximum Gasteiger partial charge on any atom is 0.243 e. The molecule has 0 radical (unpaired) electrons. The molecule has 1 saturated heterocycles. The number of carbonyl (C=O) groups is 1. The predicted octanol–water partition coefficient (Wildman–Crippen LogP) is 2.99. The van der Waals surface area contributed by atoms with E-state index in [0.29, 0.717) is 38.2 Å². The normalized spacial score (nSPS) is 17.9. The molecule has 0 aliphatic carbocycles. The quantitative estimate of drug-likeness (QED) is 0.771. The van der Waals surface area contributed by atoms with Gasteiger partial charge in [0.25, 0.3) is 0 Å². The highest BCUT2D eigenvalue weighted by atomic mass is 32.2. The number of benzene rings is 2. The van der Waals surface area contributed by atoms with Gasteiger partial charge in [0, 0.05) is 31.2 Å². The van der Waals surface area contributed by atoms with E-state index in [2.05, 4.69) is 6.07 Å². The molecule has 0 spiro atoms. The van der Waals surface area contributed by atoms with Crippen LogP contribution in [0.5, 0.6) is 5.75 Å². The first-order valence-electron chi connectivity index (χ1n) is 9.96. The number of hydrogen-bond donors (Lipinski definition) is 0. The number of piperidine rings is 1. The smallest absolute Gasteiger partial charge is 0.243 e. The van der Waals surface area contributed by atoms with Crippen molar-refractivity contribution in [1.82, 2.24) is 4.31 Å². The van der Waals surface area contributed by atoms with E-state index in [4.69, 9.17) is 4.74 Å². The lowest BCUT2D eigenvalue weighted by Gasteiger charge is -2.33. The Morgan fingerprint density at radius 1 is 1.03 bits per heavy atom. The van der Waals surface area contributed by atoms with Crippen molar-refractivity contribution in [3.63, 3.8) is 0 Å². The van der Waals surface area contributed by atoms with E-state index in [1.165, 1.54) is 9.87 Å². The topological polar surface area (TPSA) is 66.9 Å². The third-order valence-corrected chi connectivity index (χ3v) is 7.88. The average molecular weight is 415 g/mol. The fourth-order valence-corrected chi connectivity index (χ4v) is 5.80. The van der Waals surface area contributed by atoms with Crippen LogP contribution in [-0.2, 0) is 21.2 Å². The molecule has 2 heterocycles. The maximum absolute atomic E-state index is 13.2. The van der Waals surface area contributed by atoms with Crippen molar-refractivity contribution < 1.29 is 17.9 Å². The van der Waals surface area contributed by atoms with Crippen LogP contribution in [0.1, 0.15) is 24.0 Å². The average Bonchev–Trinajstić information content (AvgIpc) is 3.19. The van der Waals surface area contributed by atoms with E-state index in [-0.39, 0.29) is 16.7 Å².